The van der Waals surface area contributed by atoms with E-state index in [9.17, 15) is 4.79 Å². The number of aliphatic imine (C=N–C) groups is 1. The maximum absolute atomic E-state index is 12.8. The van der Waals surface area contributed by atoms with Crippen LogP contribution in [0.5, 0.6) is 0 Å². The Balaban J connectivity index is 1.34. The number of carbonyl (C=O) groups excluding carboxylic acids is 1. The molecular weight excluding hydrogens is 418 g/mol. The first-order valence-corrected chi connectivity index (χ1v) is 10.8. The highest BCUT2D eigenvalue weighted by Crippen LogP contribution is 2.38. The molecule has 1 saturated carbocycles. The zero-order valence-corrected chi connectivity index (χ0v) is 17.5. The van der Waals surface area contributed by atoms with Crippen molar-refractivity contribution in [1.82, 2.24) is 24.7 Å². The number of ether oxygens (including phenoxy) is 1. The summed E-state index contributed by atoms with van der Waals surface area (Å²) in [6.45, 7) is 2.73. The van der Waals surface area contributed by atoms with E-state index in [-0.39, 0.29) is 11.6 Å². The van der Waals surface area contributed by atoms with Crippen molar-refractivity contribution in [2.75, 3.05) is 36.5 Å². The maximum atomic E-state index is 12.8. The van der Waals surface area contributed by atoms with Gasteiger partial charge in [0, 0.05) is 24.5 Å². The Kier molecular flexibility index (Phi) is 5.30. The number of carbonyl (C=O) groups is 1. The molecule has 0 unspecified atom stereocenters. The first kappa shape index (κ1) is 19.6. The summed E-state index contributed by atoms with van der Waals surface area (Å²) in [5.41, 5.74) is 7.15. The van der Waals surface area contributed by atoms with E-state index in [0.29, 0.717) is 35.8 Å². The lowest BCUT2D eigenvalue weighted by Crippen LogP contribution is -2.36. The van der Waals surface area contributed by atoms with Crippen LogP contribution < -0.4 is 16.0 Å². The fourth-order valence-corrected chi connectivity index (χ4v) is 4.16. The first-order valence-electron chi connectivity index (χ1n) is 9.96. The number of hydrogen-bond acceptors (Lipinski definition) is 9. The van der Waals surface area contributed by atoms with Crippen molar-refractivity contribution >= 4 is 40.8 Å². The van der Waals surface area contributed by atoms with Crippen LogP contribution in [0.3, 0.4) is 0 Å². The molecule has 0 radical (unpaired) electrons. The molecule has 1 aliphatic carbocycles. The van der Waals surface area contributed by atoms with E-state index in [1.807, 2.05) is 4.57 Å². The maximum Gasteiger partial charge on any atom is 0.275 e. The number of anilines is 2. The average molecular weight is 440 g/mol. The first-order chi connectivity index (χ1) is 15.2. The third-order valence-electron chi connectivity index (χ3n) is 5.11. The lowest BCUT2D eigenvalue weighted by atomic mass is 10.2. The number of thiazole rings is 1. The quantitative estimate of drug-likeness (QED) is 0.438. The Hall–Kier alpha value is -3.38. The van der Waals surface area contributed by atoms with E-state index in [0.717, 1.165) is 37.4 Å². The van der Waals surface area contributed by atoms with Gasteiger partial charge in [0.1, 0.15) is 17.8 Å². The van der Waals surface area contributed by atoms with Gasteiger partial charge in [0.25, 0.3) is 5.91 Å². The molecule has 3 aromatic heterocycles. The van der Waals surface area contributed by atoms with Crippen LogP contribution in [0.4, 0.5) is 17.2 Å². The molecule has 1 aliphatic heterocycles. The number of nitrogens with two attached hydrogens (primary N) is 1. The van der Waals surface area contributed by atoms with Crippen molar-refractivity contribution in [2.45, 2.75) is 18.9 Å². The molecule has 11 nitrogen and oxygen atoms in total. The van der Waals surface area contributed by atoms with Crippen LogP contribution >= 0.6 is 11.3 Å². The number of aromatic nitrogens is 5. The van der Waals surface area contributed by atoms with Crippen molar-refractivity contribution in [2.24, 2.45) is 10.7 Å². The van der Waals surface area contributed by atoms with Gasteiger partial charge in [-0.05, 0) is 18.9 Å². The summed E-state index contributed by atoms with van der Waals surface area (Å²) in [6, 6.07) is 2.07. The third kappa shape index (κ3) is 4.11. The summed E-state index contributed by atoms with van der Waals surface area (Å²) in [6.07, 6.45) is 6.84. The lowest BCUT2D eigenvalue weighted by Gasteiger charge is -2.29. The number of morpholine rings is 1. The number of rotatable bonds is 6. The molecule has 4 heterocycles. The van der Waals surface area contributed by atoms with Crippen molar-refractivity contribution in [3.63, 3.8) is 0 Å². The predicted molar refractivity (Wildman–Crippen MR) is 117 cm³/mol. The molecular formula is C19H21N9O2S. The second kappa shape index (κ2) is 8.40. The van der Waals surface area contributed by atoms with Crippen molar-refractivity contribution in [3.05, 3.63) is 29.7 Å². The molecule has 160 valence electrons. The fraction of sp³-hybridized carbons (Fsp3) is 0.368. The zero-order chi connectivity index (χ0) is 21.2. The van der Waals surface area contributed by atoms with Gasteiger partial charge in [0.15, 0.2) is 10.8 Å². The van der Waals surface area contributed by atoms with Gasteiger partial charge in [-0.2, -0.15) is 0 Å². The van der Waals surface area contributed by atoms with E-state index in [4.69, 9.17) is 10.5 Å². The molecule has 2 fully saturated rings. The number of amides is 1. The Labute approximate surface area is 182 Å². The number of hydrogen-bond donors (Lipinski definition) is 2. The normalized spacial score (nSPS) is 16.7. The van der Waals surface area contributed by atoms with Crippen LogP contribution in [0.2, 0.25) is 0 Å². The zero-order valence-electron chi connectivity index (χ0n) is 16.6. The molecule has 0 bridgehead atoms. The Morgan fingerprint density at radius 1 is 1.35 bits per heavy atom. The van der Waals surface area contributed by atoms with Gasteiger partial charge in [-0.15, -0.1) is 21.5 Å². The van der Waals surface area contributed by atoms with Crippen molar-refractivity contribution < 1.29 is 9.53 Å². The van der Waals surface area contributed by atoms with Gasteiger partial charge in [0.2, 0.25) is 0 Å². The molecule has 0 spiro atoms. The summed E-state index contributed by atoms with van der Waals surface area (Å²) in [7, 11) is 0. The number of pyridine rings is 1. The largest absolute Gasteiger partial charge is 0.390 e. The van der Waals surface area contributed by atoms with Crippen molar-refractivity contribution in [3.8, 4) is 10.8 Å². The van der Waals surface area contributed by atoms with Gasteiger partial charge in [-0.3, -0.25) is 4.79 Å². The SMILES string of the molecule is NC=Nc1cc(C(=O)Nc2csc(-c3nncn3C3CC3)n2)ncc1N1CCOCC1. The molecule has 0 atom stereocenters. The molecule has 12 heteroatoms. The summed E-state index contributed by atoms with van der Waals surface area (Å²) >= 11 is 1.41. The van der Waals surface area contributed by atoms with E-state index in [1.165, 1.54) is 17.7 Å². The van der Waals surface area contributed by atoms with E-state index in [1.54, 1.807) is 24.0 Å². The van der Waals surface area contributed by atoms with Crippen LogP contribution in [-0.2, 0) is 4.74 Å². The Morgan fingerprint density at radius 2 is 2.19 bits per heavy atom. The van der Waals surface area contributed by atoms with Crippen LogP contribution in [0.25, 0.3) is 10.8 Å². The second-order valence-electron chi connectivity index (χ2n) is 7.22. The van der Waals surface area contributed by atoms with Crippen LogP contribution in [0.15, 0.2) is 29.0 Å². The lowest BCUT2D eigenvalue weighted by molar-refractivity contribution is 0.102. The van der Waals surface area contributed by atoms with Gasteiger partial charge in [0.05, 0.1) is 37.1 Å². The minimum absolute atomic E-state index is 0.230. The molecule has 31 heavy (non-hydrogen) atoms. The summed E-state index contributed by atoms with van der Waals surface area (Å²) in [5, 5.41) is 13.5. The fourth-order valence-electron chi connectivity index (χ4n) is 3.42. The van der Waals surface area contributed by atoms with Crippen LogP contribution in [-0.4, -0.2) is 63.3 Å². The van der Waals surface area contributed by atoms with Crippen molar-refractivity contribution in [1.29, 1.82) is 0 Å². The molecule has 0 aromatic carbocycles. The predicted octanol–water partition coefficient (Wildman–Crippen LogP) is 1.84. The third-order valence-corrected chi connectivity index (χ3v) is 5.95. The molecule has 5 rings (SSSR count). The smallest absolute Gasteiger partial charge is 0.275 e. The summed E-state index contributed by atoms with van der Waals surface area (Å²) in [5.74, 6) is 0.793. The average Bonchev–Trinajstić information content (AvgIpc) is 3.34. The minimum Gasteiger partial charge on any atom is -0.390 e. The Morgan fingerprint density at radius 3 is 2.97 bits per heavy atom. The molecule has 3 aromatic rings. The number of nitrogens with one attached hydrogen (secondary N) is 1. The number of nitrogens with zero attached hydrogens (tertiary/aromatic N) is 7. The molecule has 2 aliphatic rings. The highest BCUT2D eigenvalue weighted by molar-refractivity contribution is 7.13. The van der Waals surface area contributed by atoms with Gasteiger partial charge >= 0.3 is 0 Å². The van der Waals surface area contributed by atoms with Gasteiger partial charge in [-0.25, -0.2) is 15.0 Å². The van der Waals surface area contributed by atoms with E-state index < -0.39 is 0 Å². The standard InChI is InChI=1S/C19H21N9O2S/c20-10-22-13-7-14(21-8-15(13)27-3-5-30-6-4-27)18(29)24-16-9-31-19(25-16)17-26-23-11-28(17)12-1-2-12/h7-12H,1-6H2,(H,24,29)(H2,20,21,22). The van der Waals surface area contributed by atoms with E-state index in [2.05, 4.69) is 35.4 Å². The van der Waals surface area contributed by atoms with E-state index >= 15 is 0 Å². The summed E-state index contributed by atoms with van der Waals surface area (Å²) in [4.78, 5) is 28.0. The Bertz CT molecular complexity index is 1120. The molecule has 1 saturated heterocycles. The van der Waals surface area contributed by atoms with Crippen LogP contribution in [0.1, 0.15) is 29.4 Å². The summed E-state index contributed by atoms with van der Waals surface area (Å²) < 4.78 is 7.43. The van der Waals surface area contributed by atoms with Gasteiger partial charge < -0.3 is 25.3 Å². The topological polar surface area (TPSA) is 136 Å². The monoisotopic (exact) mass is 439 g/mol. The highest BCUT2D eigenvalue weighted by atomic mass is 32.1. The molecule has 1 amide bonds. The highest BCUT2D eigenvalue weighted by Gasteiger charge is 2.27. The molecule has 3 N–H and O–H groups in total. The minimum atomic E-state index is -0.373. The second-order valence-corrected chi connectivity index (χ2v) is 8.08. The van der Waals surface area contributed by atoms with Crippen LogP contribution in [0, 0.1) is 0 Å². The van der Waals surface area contributed by atoms with Gasteiger partial charge in [-0.1, -0.05) is 0 Å².